The molecule has 0 aromatic carbocycles. The first-order valence-electron chi connectivity index (χ1n) is 6.09. The minimum atomic E-state index is -0.0172. The topological polar surface area (TPSA) is 58.1 Å². The molecule has 17 heavy (non-hydrogen) atoms. The van der Waals surface area contributed by atoms with Crippen LogP contribution in [0.1, 0.15) is 43.4 Å². The predicted octanol–water partition coefficient (Wildman–Crippen LogP) is 2.23. The van der Waals surface area contributed by atoms with Crippen molar-refractivity contribution in [3.05, 3.63) is 5.01 Å². The molecule has 0 spiro atoms. The second-order valence-electron chi connectivity index (χ2n) is 3.72. The van der Waals surface area contributed by atoms with Gasteiger partial charge in [0.1, 0.15) is 0 Å². The molecule has 1 aromatic rings. The lowest BCUT2D eigenvalue weighted by Crippen LogP contribution is -2.31. The van der Waals surface area contributed by atoms with Gasteiger partial charge < -0.3 is 10.2 Å². The summed E-state index contributed by atoms with van der Waals surface area (Å²) in [5.74, 6) is -0.0172. The number of nitrogens with zero attached hydrogens (tertiary/aromatic N) is 3. The Labute approximate surface area is 106 Å². The third-order valence-corrected chi connectivity index (χ3v) is 3.17. The summed E-state index contributed by atoms with van der Waals surface area (Å²) in [5.41, 5.74) is 0. The van der Waals surface area contributed by atoms with Crippen LogP contribution in [0.3, 0.4) is 0 Å². The van der Waals surface area contributed by atoms with E-state index < -0.39 is 0 Å². The Morgan fingerprint density at radius 3 is 2.65 bits per heavy atom. The number of carbonyl (C=O) groups is 1. The summed E-state index contributed by atoms with van der Waals surface area (Å²) in [6.07, 6.45) is 1.99. The monoisotopic (exact) mass is 256 g/mol. The van der Waals surface area contributed by atoms with Crippen molar-refractivity contribution in [1.82, 2.24) is 15.1 Å². The van der Waals surface area contributed by atoms with E-state index in [1.807, 2.05) is 6.92 Å². The van der Waals surface area contributed by atoms with Crippen LogP contribution in [-0.2, 0) is 0 Å². The van der Waals surface area contributed by atoms with Gasteiger partial charge in [-0.15, -0.1) is 10.2 Å². The van der Waals surface area contributed by atoms with E-state index in [-0.39, 0.29) is 5.91 Å². The summed E-state index contributed by atoms with van der Waals surface area (Å²) < 4.78 is 0. The molecule has 0 saturated carbocycles. The van der Waals surface area contributed by atoms with Crippen LogP contribution in [0.4, 0.5) is 5.13 Å². The van der Waals surface area contributed by atoms with Crippen molar-refractivity contribution >= 4 is 22.4 Å². The van der Waals surface area contributed by atoms with Gasteiger partial charge in [0.05, 0.1) is 0 Å². The Balaban J connectivity index is 2.64. The van der Waals surface area contributed by atoms with Crippen molar-refractivity contribution in [3.8, 4) is 0 Å². The molecule has 1 heterocycles. The molecule has 0 fully saturated rings. The van der Waals surface area contributed by atoms with E-state index in [4.69, 9.17) is 0 Å². The molecular formula is C11H20N4OS. The number of rotatable bonds is 7. The highest BCUT2D eigenvalue weighted by molar-refractivity contribution is 7.17. The molecule has 5 nitrogen and oxygen atoms in total. The summed E-state index contributed by atoms with van der Waals surface area (Å²) in [6, 6.07) is 0. The number of anilines is 1. The van der Waals surface area contributed by atoms with E-state index >= 15 is 0 Å². The molecule has 1 aromatic heterocycles. The van der Waals surface area contributed by atoms with E-state index in [0.29, 0.717) is 11.6 Å². The molecule has 0 aliphatic heterocycles. The third-order valence-electron chi connectivity index (χ3n) is 2.30. The molecule has 0 aliphatic carbocycles. The second kappa shape index (κ2) is 7.21. The lowest BCUT2D eigenvalue weighted by molar-refractivity contribution is 0.0763. The zero-order valence-electron chi connectivity index (χ0n) is 10.7. The van der Waals surface area contributed by atoms with Gasteiger partial charge >= 0.3 is 0 Å². The quantitative estimate of drug-likeness (QED) is 0.812. The van der Waals surface area contributed by atoms with Gasteiger partial charge in [0.2, 0.25) is 10.1 Å². The van der Waals surface area contributed by atoms with Crippen molar-refractivity contribution in [1.29, 1.82) is 0 Å². The molecule has 0 unspecified atom stereocenters. The molecule has 1 amide bonds. The first-order chi connectivity index (χ1) is 8.22. The van der Waals surface area contributed by atoms with E-state index in [2.05, 4.69) is 29.4 Å². The summed E-state index contributed by atoms with van der Waals surface area (Å²) in [6.45, 7) is 8.46. The Bertz CT molecular complexity index is 353. The minimum Gasteiger partial charge on any atom is -0.360 e. The predicted molar refractivity (Wildman–Crippen MR) is 70.6 cm³/mol. The Kier molecular flexibility index (Phi) is 5.90. The highest BCUT2D eigenvalue weighted by Crippen LogP contribution is 2.16. The van der Waals surface area contributed by atoms with Gasteiger partial charge in [-0.25, -0.2) is 0 Å². The van der Waals surface area contributed by atoms with Crippen LogP contribution < -0.4 is 5.32 Å². The van der Waals surface area contributed by atoms with Gasteiger partial charge in [0.15, 0.2) is 0 Å². The van der Waals surface area contributed by atoms with E-state index in [1.165, 1.54) is 11.3 Å². The Morgan fingerprint density at radius 2 is 2.06 bits per heavy atom. The largest absolute Gasteiger partial charge is 0.360 e. The van der Waals surface area contributed by atoms with Crippen LogP contribution in [0.5, 0.6) is 0 Å². The molecule has 6 heteroatoms. The van der Waals surface area contributed by atoms with Gasteiger partial charge in [-0.05, 0) is 19.8 Å². The van der Waals surface area contributed by atoms with Gasteiger partial charge in [0, 0.05) is 19.6 Å². The molecule has 0 radical (unpaired) electrons. The zero-order valence-corrected chi connectivity index (χ0v) is 11.5. The summed E-state index contributed by atoms with van der Waals surface area (Å²) in [4.78, 5) is 13.9. The number of nitrogens with one attached hydrogen (secondary N) is 1. The maximum atomic E-state index is 12.1. The van der Waals surface area contributed by atoms with Crippen LogP contribution >= 0.6 is 11.3 Å². The van der Waals surface area contributed by atoms with Crippen molar-refractivity contribution in [3.63, 3.8) is 0 Å². The van der Waals surface area contributed by atoms with Gasteiger partial charge in [-0.2, -0.15) is 0 Å². The van der Waals surface area contributed by atoms with Crippen LogP contribution in [-0.4, -0.2) is 40.6 Å². The fourth-order valence-electron chi connectivity index (χ4n) is 1.42. The van der Waals surface area contributed by atoms with Crippen molar-refractivity contribution in [2.75, 3.05) is 25.0 Å². The Morgan fingerprint density at radius 1 is 1.29 bits per heavy atom. The van der Waals surface area contributed by atoms with Crippen LogP contribution in [0.15, 0.2) is 0 Å². The zero-order chi connectivity index (χ0) is 12.7. The van der Waals surface area contributed by atoms with Gasteiger partial charge in [0.25, 0.3) is 5.91 Å². The molecule has 96 valence electrons. The van der Waals surface area contributed by atoms with Crippen molar-refractivity contribution in [2.45, 2.75) is 33.6 Å². The average molecular weight is 256 g/mol. The highest BCUT2D eigenvalue weighted by Gasteiger charge is 2.18. The molecule has 1 N–H and O–H groups in total. The summed E-state index contributed by atoms with van der Waals surface area (Å²) >= 11 is 1.33. The van der Waals surface area contributed by atoms with Gasteiger partial charge in [-0.3, -0.25) is 4.79 Å². The first-order valence-corrected chi connectivity index (χ1v) is 6.91. The number of amides is 1. The average Bonchev–Trinajstić information content (AvgIpc) is 2.81. The molecule has 0 bridgehead atoms. The smallest absolute Gasteiger partial charge is 0.284 e. The van der Waals surface area contributed by atoms with Crippen molar-refractivity contribution in [2.24, 2.45) is 0 Å². The minimum absolute atomic E-state index is 0.0172. The normalized spacial score (nSPS) is 10.3. The molecule has 0 atom stereocenters. The van der Waals surface area contributed by atoms with Crippen LogP contribution in [0, 0.1) is 0 Å². The number of hydrogen-bond donors (Lipinski definition) is 1. The molecule has 0 aliphatic rings. The van der Waals surface area contributed by atoms with Gasteiger partial charge in [-0.1, -0.05) is 25.2 Å². The van der Waals surface area contributed by atoms with E-state index in [0.717, 1.165) is 31.1 Å². The Hall–Kier alpha value is -1.17. The van der Waals surface area contributed by atoms with E-state index in [9.17, 15) is 4.79 Å². The summed E-state index contributed by atoms with van der Waals surface area (Å²) in [5, 5.41) is 12.2. The number of carbonyl (C=O) groups excluding carboxylic acids is 1. The fourth-order valence-corrected chi connectivity index (χ4v) is 2.16. The van der Waals surface area contributed by atoms with Crippen molar-refractivity contribution < 1.29 is 4.79 Å². The van der Waals surface area contributed by atoms with Crippen LogP contribution in [0.2, 0.25) is 0 Å². The highest BCUT2D eigenvalue weighted by atomic mass is 32.1. The fraction of sp³-hybridized carbons (Fsp3) is 0.727. The standard InChI is InChI=1S/C11H20N4OS/c1-4-7-12-11-14-13-9(17-11)10(16)15(6-3)8-5-2/h4-8H2,1-3H3,(H,12,14). The number of hydrogen-bond acceptors (Lipinski definition) is 5. The molecule has 0 saturated heterocycles. The lowest BCUT2D eigenvalue weighted by Gasteiger charge is -2.17. The molecular weight excluding hydrogens is 236 g/mol. The maximum Gasteiger partial charge on any atom is 0.284 e. The molecule has 1 rings (SSSR count). The van der Waals surface area contributed by atoms with Crippen LogP contribution in [0.25, 0.3) is 0 Å². The first kappa shape index (κ1) is 13.9. The van der Waals surface area contributed by atoms with E-state index in [1.54, 1.807) is 4.90 Å². The lowest BCUT2D eigenvalue weighted by atomic mass is 10.4. The maximum absolute atomic E-state index is 12.1. The third kappa shape index (κ3) is 3.96. The summed E-state index contributed by atoms with van der Waals surface area (Å²) in [7, 11) is 0. The number of aromatic nitrogens is 2. The second-order valence-corrected chi connectivity index (χ2v) is 4.70. The SMILES string of the molecule is CCCNc1nnc(C(=O)N(CC)CCC)s1.